The molecule has 6 nitrogen and oxygen atoms in total. The molecule has 1 aliphatic heterocycles. The molecule has 0 aliphatic carbocycles. The minimum atomic E-state index is -3.08. The highest BCUT2D eigenvalue weighted by Crippen LogP contribution is 2.42. The van der Waals surface area contributed by atoms with Crippen molar-refractivity contribution in [2.24, 2.45) is 18.2 Å². The average Bonchev–Trinajstić information content (AvgIpc) is 2.82. The Hall–Kier alpha value is -0.920. The van der Waals surface area contributed by atoms with Crippen LogP contribution in [0.25, 0.3) is 0 Å². The van der Waals surface area contributed by atoms with Gasteiger partial charge in [-0.1, -0.05) is 0 Å². The molecule has 0 spiro atoms. The SMILES string of the molecule is Cn1cncc1C(O)C1(CN)CCS(=O)(=O)C1. The van der Waals surface area contributed by atoms with Gasteiger partial charge in [-0.2, -0.15) is 0 Å². The number of nitrogens with zero attached hydrogens (tertiary/aromatic N) is 2. The van der Waals surface area contributed by atoms with Gasteiger partial charge in [0, 0.05) is 19.0 Å². The zero-order valence-corrected chi connectivity index (χ0v) is 10.5. The lowest BCUT2D eigenvalue weighted by Crippen LogP contribution is -2.38. The molecule has 0 bridgehead atoms. The van der Waals surface area contributed by atoms with Crippen molar-refractivity contribution in [2.45, 2.75) is 12.5 Å². The predicted molar refractivity (Wildman–Crippen MR) is 62.9 cm³/mol. The van der Waals surface area contributed by atoms with E-state index in [1.54, 1.807) is 24.1 Å². The Morgan fingerprint density at radius 3 is 2.82 bits per heavy atom. The molecular weight excluding hydrogens is 242 g/mol. The largest absolute Gasteiger partial charge is 0.386 e. The first-order valence-electron chi connectivity index (χ1n) is 5.45. The minimum Gasteiger partial charge on any atom is -0.386 e. The number of aliphatic hydroxyl groups excluding tert-OH is 1. The molecular formula is C10H17N3O3S. The van der Waals surface area contributed by atoms with E-state index in [-0.39, 0.29) is 18.1 Å². The molecule has 3 N–H and O–H groups in total. The molecule has 1 aromatic rings. The summed E-state index contributed by atoms with van der Waals surface area (Å²) in [6.07, 6.45) is 2.63. The fraction of sp³-hybridized carbons (Fsp3) is 0.700. The van der Waals surface area contributed by atoms with Crippen molar-refractivity contribution in [1.29, 1.82) is 0 Å². The standard InChI is InChI=1S/C10H17N3O3S/c1-13-7-12-4-8(13)9(14)10(5-11)2-3-17(15,16)6-10/h4,7,9,14H,2-3,5-6,11H2,1H3. The van der Waals surface area contributed by atoms with Crippen molar-refractivity contribution in [3.8, 4) is 0 Å². The van der Waals surface area contributed by atoms with Crippen LogP contribution >= 0.6 is 0 Å². The maximum Gasteiger partial charge on any atom is 0.151 e. The molecule has 2 atom stereocenters. The summed E-state index contributed by atoms with van der Waals surface area (Å²) in [4.78, 5) is 3.93. The summed E-state index contributed by atoms with van der Waals surface area (Å²) in [6.45, 7) is 0.151. The van der Waals surface area contributed by atoms with E-state index in [0.717, 1.165) is 0 Å². The second-order valence-corrected chi connectivity index (χ2v) is 6.92. The number of rotatable bonds is 3. The minimum absolute atomic E-state index is 0.0527. The summed E-state index contributed by atoms with van der Waals surface area (Å²) in [6, 6.07) is 0. The summed E-state index contributed by atoms with van der Waals surface area (Å²) in [5.74, 6) is 0.0436. The van der Waals surface area contributed by atoms with Crippen LogP contribution in [0.15, 0.2) is 12.5 Å². The van der Waals surface area contributed by atoms with Gasteiger partial charge in [0.2, 0.25) is 0 Å². The molecule has 96 valence electrons. The Kier molecular flexibility index (Phi) is 3.01. The first kappa shape index (κ1) is 12.5. The van der Waals surface area contributed by atoms with Gasteiger partial charge in [-0.05, 0) is 6.42 Å². The van der Waals surface area contributed by atoms with Crippen molar-refractivity contribution in [3.63, 3.8) is 0 Å². The maximum absolute atomic E-state index is 11.6. The Bertz CT molecular complexity index is 511. The molecule has 1 fully saturated rings. The number of hydrogen-bond acceptors (Lipinski definition) is 5. The summed E-state index contributed by atoms with van der Waals surface area (Å²) >= 11 is 0. The van der Waals surface area contributed by atoms with Gasteiger partial charge in [0.15, 0.2) is 9.84 Å². The number of sulfone groups is 1. The molecule has 1 aromatic heterocycles. The van der Waals surface area contributed by atoms with Gasteiger partial charge in [-0.15, -0.1) is 0 Å². The molecule has 0 amide bonds. The Morgan fingerprint density at radius 2 is 2.41 bits per heavy atom. The van der Waals surface area contributed by atoms with E-state index in [9.17, 15) is 13.5 Å². The molecule has 0 saturated carbocycles. The number of nitrogens with two attached hydrogens (primary N) is 1. The molecule has 2 rings (SSSR count). The van der Waals surface area contributed by atoms with Crippen molar-refractivity contribution < 1.29 is 13.5 Å². The molecule has 0 radical (unpaired) electrons. The smallest absolute Gasteiger partial charge is 0.151 e. The van der Waals surface area contributed by atoms with Crippen LogP contribution in [0.5, 0.6) is 0 Å². The van der Waals surface area contributed by atoms with Gasteiger partial charge < -0.3 is 15.4 Å². The zero-order valence-electron chi connectivity index (χ0n) is 9.70. The van der Waals surface area contributed by atoms with Crippen LogP contribution in [0.4, 0.5) is 0 Å². The monoisotopic (exact) mass is 259 g/mol. The summed E-state index contributed by atoms with van der Waals surface area (Å²) in [5.41, 5.74) is 5.53. The Morgan fingerprint density at radius 1 is 1.71 bits per heavy atom. The lowest BCUT2D eigenvalue weighted by atomic mass is 9.80. The van der Waals surface area contributed by atoms with E-state index < -0.39 is 21.4 Å². The Labute approximate surface area is 100 Å². The van der Waals surface area contributed by atoms with Crippen LogP contribution in [0.2, 0.25) is 0 Å². The number of hydrogen-bond donors (Lipinski definition) is 2. The summed E-state index contributed by atoms with van der Waals surface area (Å²) in [5, 5.41) is 10.4. The predicted octanol–water partition coefficient (Wildman–Crippen LogP) is -0.783. The molecule has 17 heavy (non-hydrogen) atoms. The van der Waals surface area contributed by atoms with Gasteiger partial charge in [-0.25, -0.2) is 13.4 Å². The lowest BCUT2D eigenvalue weighted by molar-refractivity contribution is 0.0414. The van der Waals surface area contributed by atoms with Crippen LogP contribution in [-0.2, 0) is 16.9 Å². The third kappa shape index (κ3) is 2.10. The summed E-state index contributed by atoms with van der Waals surface area (Å²) in [7, 11) is -1.32. The highest BCUT2D eigenvalue weighted by atomic mass is 32.2. The number of imidazole rings is 1. The number of aryl methyl sites for hydroxylation is 1. The molecule has 2 heterocycles. The fourth-order valence-electron chi connectivity index (χ4n) is 2.37. The van der Waals surface area contributed by atoms with Crippen LogP contribution in [0, 0.1) is 5.41 Å². The van der Waals surface area contributed by atoms with Crippen LogP contribution in [0.3, 0.4) is 0 Å². The van der Waals surface area contributed by atoms with Crippen molar-refractivity contribution in [2.75, 3.05) is 18.1 Å². The van der Waals surface area contributed by atoms with E-state index in [4.69, 9.17) is 5.73 Å². The third-order valence-electron chi connectivity index (χ3n) is 3.54. The van der Waals surface area contributed by atoms with Crippen LogP contribution < -0.4 is 5.73 Å². The van der Waals surface area contributed by atoms with Crippen molar-refractivity contribution in [3.05, 3.63) is 18.2 Å². The van der Waals surface area contributed by atoms with Gasteiger partial charge in [0.1, 0.15) is 6.10 Å². The van der Waals surface area contributed by atoms with E-state index >= 15 is 0 Å². The van der Waals surface area contributed by atoms with Gasteiger partial charge in [0.25, 0.3) is 0 Å². The molecule has 1 aliphatic rings. The normalized spacial score (nSPS) is 29.4. The van der Waals surface area contributed by atoms with E-state index in [0.29, 0.717) is 12.1 Å². The maximum atomic E-state index is 11.6. The highest BCUT2D eigenvalue weighted by molar-refractivity contribution is 7.91. The molecule has 0 aromatic carbocycles. The third-order valence-corrected chi connectivity index (χ3v) is 5.38. The van der Waals surface area contributed by atoms with E-state index in [1.807, 2.05) is 0 Å². The summed E-state index contributed by atoms with van der Waals surface area (Å²) < 4.78 is 24.8. The average molecular weight is 259 g/mol. The first-order chi connectivity index (χ1) is 7.90. The number of aromatic nitrogens is 2. The second kappa shape index (κ2) is 4.08. The number of aliphatic hydroxyl groups is 1. The lowest BCUT2D eigenvalue weighted by Gasteiger charge is -2.31. The zero-order chi connectivity index (χ0) is 12.7. The highest BCUT2D eigenvalue weighted by Gasteiger charge is 2.47. The van der Waals surface area contributed by atoms with Crippen molar-refractivity contribution in [1.82, 2.24) is 9.55 Å². The first-order valence-corrected chi connectivity index (χ1v) is 7.27. The van der Waals surface area contributed by atoms with Gasteiger partial charge in [-0.3, -0.25) is 0 Å². The van der Waals surface area contributed by atoms with Crippen molar-refractivity contribution >= 4 is 9.84 Å². The molecule has 7 heteroatoms. The van der Waals surface area contributed by atoms with Gasteiger partial charge >= 0.3 is 0 Å². The Balaban J connectivity index is 2.35. The molecule has 1 saturated heterocycles. The second-order valence-electron chi connectivity index (χ2n) is 4.74. The fourth-order valence-corrected chi connectivity index (χ4v) is 4.53. The van der Waals surface area contributed by atoms with E-state index in [1.165, 1.54) is 0 Å². The topological polar surface area (TPSA) is 98.2 Å². The molecule has 2 unspecified atom stereocenters. The van der Waals surface area contributed by atoms with Crippen LogP contribution in [0.1, 0.15) is 18.2 Å². The van der Waals surface area contributed by atoms with Gasteiger partial charge in [0.05, 0.1) is 29.7 Å². The van der Waals surface area contributed by atoms with E-state index in [2.05, 4.69) is 4.98 Å². The quantitative estimate of drug-likeness (QED) is 0.742. The van der Waals surface area contributed by atoms with Crippen LogP contribution in [-0.4, -0.2) is 41.1 Å².